The highest BCUT2D eigenvalue weighted by molar-refractivity contribution is 8.15. The van der Waals surface area contributed by atoms with E-state index in [9.17, 15) is 13.2 Å². The number of thioether (sulfide) groups is 1. The van der Waals surface area contributed by atoms with Crippen LogP contribution in [0, 0.1) is 0 Å². The standard InChI is InChI=1S/C21H21N3O4S2/c1-28-16-5-2-4-14(12-16)17-6-3-9-23(17)20(25)15-7-8-18-19(13-15)29-21-22-30(26,27)11-10-24(18)21/h2,4-5,7-8,12-13,17H,3,6,9-11H2,1H3. The molecule has 0 aromatic heterocycles. The minimum Gasteiger partial charge on any atom is -0.497 e. The summed E-state index contributed by atoms with van der Waals surface area (Å²) in [5.74, 6) is 0.781. The molecule has 1 atom stereocenters. The van der Waals surface area contributed by atoms with E-state index in [1.807, 2.05) is 52.3 Å². The van der Waals surface area contributed by atoms with Crippen LogP contribution in [0.3, 0.4) is 0 Å². The Morgan fingerprint density at radius 3 is 2.90 bits per heavy atom. The Balaban J connectivity index is 1.42. The Morgan fingerprint density at radius 1 is 1.20 bits per heavy atom. The van der Waals surface area contributed by atoms with Gasteiger partial charge in [-0.2, -0.15) is 0 Å². The number of amides is 1. The molecule has 1 amide bonds. The van der Waals surface area contributed by atoms with Crippen LogP contribution in [0.2, 0.25) is 0 Å². The van der Waals surface area contributed by atoms with Gasteiger partial charge in [0.1, 0.15) is 5.75 Å². The minimum atomic E-state index is -3.40. The summed E-state index contributed by atoms with van der Waals surface area (Å²) in [6.45, 7) is 1.10. The molecular formula is C21H21N3O4S2. The number of sulfonamides is 1. The molecule has 3 heterocycles. The van der Waals surface area contributed by atoms with Gasteiger partial charge in [-0.1, -0.05) is 12.1 Å². The van der Waals surface area contributed by atoms with Crippen molar-refractivity contribution in [2.45, 2.75) is 23.8 Å². The lowest BCUT2D eigenvalue weighted by Gasteiger charge is -2.26. The fourth-order valence-corrected chi connectivity index (χ4v) is 6.53. The van der Waals surface area contributed by atoms with Gasteiger partial charge in [-0.3, -0.25) is 4.79 Å². The molecule has 1 fully saturated rings. The first-order valence-corrected chi connectivity index (χ1v) is 12.2. The van der Waals surface area contributed by atoms with Crippen molar-refractivity contribution in [1.29, 1.82) is 0 Å². The van der Waals surface area contributed by atoms with Crippen molar-refractivity contribution in [3.8, 4) is 5.75 Å². The largest absolute Gasteiger partial charge is 0.497 e. The van der Waals surface area contributed by atoms with Crippen LogP contribution in [0.15, 0.2) is 51.8 Å². The molecule has 0 spiro atoms. The van der Waals surface area contributed by atoms with Gasteiger partial charge in [0.2, 0.25) is 0 Å². The molecule has 7 nitrogen and oxygen atoms in total. The van der Waals surface area contributed by atoms with Gasteiger partial charge in [0.05, 0.1) is 24.6 Å². The van der Waals surface area contributed by atoms with Crippen LogP contribution in [0.4, 0.5) is 5.69 Å². The molecule has 0 bridgehead atoms. The summed E-state index contributed by atoms with van der Waals surface area (Å²) < 4.78 is 32.8. The first-order chi connectivity index (χ1) is 14.4. The second-order valence-electron chi connectivity index (χ2n) is 7.53. The highest BCUT2D eigenvalue weighted by atomic mass is 32.2. The second kappa shape index (κ2) is 7.31. The van der Waals surface area contributed by atoms with Crippen LogP contribution in [0.25, 0.3) is 0 Å². The number of nitrogens with zero attached hydrogens (tertiary/aromatic N) is 3. The van der Waals surface area contributed by atoms with E-state index in [4.69, 9.17) is 4.74 Å². The summed E-state index contributed by atoms with van der Waals surface area (Å²) >= 11 is 1.31. The monoisotopic (exact) mass is 443 g/mol. The van der Waals surface area contributed by atoms with Crippen LogP contribution in [0.1, 0.15) is 34.8 Å². The van der Waals surface area contributed by atoms with Gasteiger partial charge in [0.25, 0.3) is 15.9 Å². The average Bonchev–Trinajstić information content (AvgIpc) is 3.36. The van der Waals surface area contributed by atoms with E-state index < -0.39 is 10.0 Å². The van der Waals surface area contributed by atoms with Gasteiger partial charge in [0, 0.05) is 23.5 Å². The number of methoxy groups -OCH3 is 1. The number of carbonyl (C=O) groups excluding carboxylic acids is 1. The number of likely N-dealkylation sites (tertiary alicyclic amines) is 1. The Labute approximate surface area is 179 Å². The van der Waals surface area contributed by atoms with E-state index >= 15 is 0 Å². The van der Waals surface area contributed by atoms with Crippen molar-refractivity contribution in [2.24, 2.45) is 4.40 Å². The maximum absolute atomic E-state index is 13.3. The van der Waals surface area contributed by atoms with Crippen LogP contribution < -0.4 is 9.64 Å². The third kappa shape index (κ3) is 3.35. The number of ether oxygens (including phenoxy) is 1. The number of hydrogen-bond donors (Lipinski definition) is 0. The lowest BCUT2D eigenvalue weighted by atomic mass is 10.0. The lowest BCUT2D eigenvalue weighted by Crippen LogP contribution is -2.35. The highest BCUT2D eigenvalue weighted by Crippen LogP contribution is 2.43. The van der Waals surface area contributed by atoms with Crippen LogP contribution >= 0.6 is 11.8 Å². The lowest BCUT2D eigenvalue weighted by molar-refractivity contribution is 0.0735. The number of anilines is 1. The van der Waals surface area contributed by atoms with Gasteiger partial charge < -0.3 is 14.5 Å². The predicted molar refractivity (Wildman–Crippen MR) is 117 cm³/mol. The average molecular weight is 444 g/mol. The maximum Gasteiger partial charge on any atom is 0.257 e. The molecule has 9 heteroatoms. The highest BCUT2D eigenvalue weighted by Gasteiger charge is 2.35. The number of hydrogen-bond acceptors (Lipinski definition) is 6. The van der Waals surface area contributed by atoms with E-state index in [2.05, 4.69) is 4.40 Å². The van der Waals surface area contributed by atoms with E-state index in [1.54, 1.807) is 7.11 Å². The third-order valence-corrected chi connectivity index (χ3v) is 8.02. The summed E-state index contributed by atoms with van der Waals surface area (Å²) in [4.78, 5) is 18.0. The molecule has 156 valence electrons. The normalized spacial score (nSPS) is 21.8. The van der Waals surface area contributed by atoms with Crippen molar-refractivity contribution in [2.75, 3.05) is 30.9 Å². The fourth-order valence-electron chi connectivity index (χ4n) is 4.23. The molecule has 0 radical (unpaired) electrons. The van der Waals surface area contributed by atoms with Crippen LogP contribution in [-0.2, 0) is 10.0 Å². The van der Waals surface area contributed by atoms with E-state index in [-0.39, 0.29) is 17.7 Å². The number of benzene rings is 2. The zero-order chi connectivity index (χ0) is 20.9. The third-order valence-electron chi connectivity index (χ3n) is 5.71. The van der Waals surface area contributed by atoms with Crippen molar-refractivity contribution < 1.29 is 17.9 Å². The molecule has 0 N–H and O–H groups in total. The number of amidine groups is 1. The quantitative estimate of drug-likeness (QED) is 0.724. The molecule has 1 saturated heterocycles. The first-order valence-electron chi connectivity index (χ1n) is 9.82. The molecular weight excluding hydrogens is 422 g/mol. The fraction of sp³-hybridized carbons (Fsp3) is 0.333. The predicted octanol–water partition coefficient (Wildman–Crippen LogP) is 3.28. The van der Waals surface area contributed by atoms with Gasteiger partial charge in [0.15, 0.2) is 5.17 Å². The molecule has 3 aliphatic heterocycles. The topological polar surface area (TPSA) is 79.3 Å². The summed E-state index contributed by atoms with van der Waals surface area (Å²) in [6, 6.07) is 13.5. The molecule has 2 aromatic carbocycles. The molecule has 5 rings (SSSR count). The SMILES string of the molecule is COc1cccc(C2CCCN2C(=O)c2ccc3c(c2)SC2=NS(=O)(=O)CCN23)c1. The Kier molecular flexibility index (Phi) is 4.74. The number of fused-ring (bicyclic) bond motifs is 3. The summed E-state index contributed by atoms with van der Waals surface area (Å²) in [5.41, 5.74) is 2.60. The number of carbonyl (C=O) groups is 1. The zero-order valence-corrected chi connectivity index (χ0v) is 18.1. The first kappa shape index (κ1) is 19.4. The maximum atomic E-state index is 13.3. The van der Waals surface area contributed by atoms with Crippen molar-refractivity contribution in [1.82, 2.24) is 4.90 Å². The summed E-state index contributed by atoms with van der Waals surface area (Å²) in [7, 11) is -1.76. The summed E-state index contributed by atoms with van der Waals surface area (Å²) in [5, 5.41) is 0.469. The molecule has 0 aliphatic carbocycles. The van der Waals surface area contributed by atoms with Crippen LogP contribution in [0.5, 0.6) is 5.75 Å². The van der Waals surface area contributed by atoms with Gasteiger partial charge in [-0.15, -0.1) is 4.40 Å². The summed E-state index contributed by atoms with van der Waals surface area (Å²) in [6.07, 6.45) is 1.87. The second-order valence-corrected chi connectivity index (χ2v) is 10.3. The van der Waals surface area contributed by atoms with E-state index in [0.717, 1.165) is 34.7 Å². The molecule has 0 saturated carbocycles. The van der Waals surface area contributed by atoms with Crippen molar-refractivity contribution >= 4 is 38.5 Å². The Bertz CT molecular complexity index is 1160. The molecule has 2 aromatic rings. The smallest absolute Gasteiger partial charge is 0.257 e. The molecule has 3 aliphatic rings. The van der Waals surface area contributed by atoms with E-state index in [0.29, 0.717) is 23.8 Å². The van der Waals surface area contributed by atoms with Gasteiger partial charge in [-0.05, 0) is 60.5 Å². The Hall–Kier alpha value is -2.52. The molecule has 1 unspecified atom stereocenters. The van der Waals surface area contributed by atoms with E-state index in [1.165, 1.54) is 11.8 Å². The Morgan fingerprint density at radius 2 is 2.07 bits per heavy atom. The zero-order valence-electron chi connectivity index (χ0n) is 16.4. The minimum absolute atomic E-state index is 0.00712. The van der Waals surface area contributed by atoms with Crippen molar-refractivity contribution in [3.05, 3.63) is 53.6 Å². The van der Waals surface area contributed by atoms with Gasteiger partial charge >= 0.3 is 0 Å². The molecule has 30 heavy (non-hydrogen) atoms. The number of rotatable bonds is 3. The van der Waals surface area contributed by atoms with Gasteiger partial charge in [-0.25, -0.2) is 8.42 Å². The van der Waals surface area contributed by atoms with Crippen LogP contribution in [-0.4, -0.2) is 50.3 Å². The van der Waals surface area contributed by atoms with Crippen molar-refractivity contribution in [3.63, 3.8) is 0 Å².